The van der Waals surface area contributed by atoms with E-state index in [2.05, 4.69) is 0 Å². The Kier molecular flexibility index (Phi) is 2.17. The maximum Gasteiger partial charge on any atom is 0.240 e. The lowest BCUT2D eigenvalue weighted by Crippen LogP contribution is -2.34. The van der Waals surface area contributed by atoms with E-state index in [1.807, 2.05) is 12.2 Å². The number of rotatable bonds is 1. The first kappa shape index (κ1) is 11.2. The number of carbonyl (C=O) groups excluding carboxylic acids is 2. The van der Waals surface area contributed by atoms with Gasteiger partial charge < -0.3 is 4.74 Å². The van der Waals surface area contributed by atoms with Crippen LogP contribution < -0.4 is 4.90 Å². The van der Waals surface area contributed by atoms with Crippen LogP contribution in [0.3, 0.4) is 0 Å². The van der Waals surface area contributed by atoms with Crippen molar-refractivity contribution in [2.24, 2.45) is 11.8 Å². The molecule has 0 radical (unpaired) electrons. The van der Waals surface area contributed by atoms with Gasteiger partial charge in [0.2, 0.25) is 11.8 Å². The van der Waals surface area contributed by atoms with Crippen LogP contribution in [0.1, 0.15) is 0 Å². The van der Waals surface area contributed by atoms with E-state index in [9.17, 15) is 9.59 Å². The second-order valence-corrected chi connectivity index (χ2v) is 5.37. The molecule has 2 bridgehead atoms. The van der Waals surface area contributed by atoms with Crippen molar-refractivity contribution in [3.63, 3.8) is 0 Å². The molecule has 4 atom stereocenters. The molecule has 2 saturated heterocycles. The van der Waals surface area contributed by atoms with Gasteiger partial charge in [-0.05, 0) is 12.1 Å². The van der Waals surface area contributed by atoms with Crippen LogP contribution in [0.4, 0.5) is 5.69 Å². The number of halogens is 1. The van der Waals surface area contributed by atoms with E-state index in [1.165, 1.54) is 4.90 Å². The second-order valence-electron chi connectivity index (χ2n) is 4.97. The summed E-state index contributed by atoms with van der Waals surface area (Å²) in [5.74, 6) is -1.20. The quantitative estimate of drug-likeness (QED) is 0.580. The summed E-state index contributed by atoms with van der Waals surface area (Å²) < 4.78 is 5.58. The Morgan fingerprint density at radius 1 is 1.00 bits per heavy atom. The molecule has 0 spiro atoms. The minimum Gasteiger partial charge on any atom is -0.365 e. The van der Waals surface area contributed by atoms with Gasteiger partial charge in [0, 0.05) is 0 Å². The van der Waals surface area contributed by atoms with Crippen LogP contribution >= 0.6 is 11.6 Å². The summed E-state index contributed by atoms with van der Waals surface area (Å²) in [7, 11) is 0. The van der Waals surface area contributed by atoms with E-state index in [0.717, 1.165) is 0 Å². The van der Waals surface area contributed by atoms with E-state index in [4.69, 9.17) is 16.3 Å². The monoisotopic (exact) mass is 275 g/mol. The number of fused-ring (bicyclic) bond motifs is 5. The standard InChI is InChI=1S/C14H10ClNO3/c15-7-3-1-2-4-8(7)16-13(17)11-9-5-6-10(19-9)12(11)14(16)18/h1-6,9-12H/t9-,10+,11-,12+. The minimum atomic E-state index is -0.390. The molecule has 0 N–H and O–H groups in total. The zero-order valence-electron chi connectivity index (χ0n) is 9.82. The zero-order valence-corrected chi connectivity index (χ0v) is 10.6. The number of amides is 2. The number of anilines is 1. The van der Waals surface area contributed by atoms with Crippen molar-refractivity contribution in [3.8, 4) is 0 Å². The highest BCUT2D eigenvalue weighted by atomic mass is 35.5. The molecule has 5 heteroatoms. The van der Waals surface area contributed by atoms with E-state index in [0.29, 0.717) is 10.7 Å². The van der Waals surface area contributed by atoms with Gasteiger partial charge >= 0.3 is 0 Å². The number of hydrogen-bond donors (Lipinski definition) is 0. The predicted octanol–water partition coefficient (Wildman–Crippen LogP) is 1.78. The first-order chi connectivity index (χ1) is 9.18. The third-order valence-electron chi connectivity index (χ3n) is 4.00. The summed E-state index contributed by atoms with van der Waals surface area (Å²) in [4.78, 5) is 26.2. The maximum absolute atomic E-state index is 12.5. The van der Waals surface area contributed by atoms with E-state index < -0.39 is 11.8 Å². The van der Waals surface area contributed by atoms with Crippen molar-refractivity contribution in [1.82, 2.24) is 0 Å². The zero-order chi connectivity index (χ0) is 13.1. The molecule has 2 fully saturated rings. The van der Waals surface area contributed by atoms with Crippen LogP contribution in [0.5, 0.6) is 0 Å². The van der Waals surface area contributed by atoms with Gasteiger partial charge in [0.25, 0.3) is 0 Å². The molecule has 1 aromatic carbocycles. The lowest BCUT2D eigenvalue weighted by atomic mass is 9.85. The summed E-state index contributed by atoms with van der Waals surface area (Å²) in [5, 5.41) is 0.408. The van der Waals surface area contributed by atoms with E-state index in [1.54, 1.807) is 24.3 Å². The van der Waals surface area contributed by atoms with Crippen molar-refractivity contribution in [3.05, 3.63) is 41.4 Å². The molecule has 0 saturated carbocycles. The Bertz CT molecular complexity index is 597. The summed E-state index contributed by atoms with van der Waals surface area (Å²) >= 11 is 6.09. The summed E-state index contributed by atoms with van der Waals surface area (Å²) in [6.45, 7) is 0. The first-order valence-corrected chi connectivity index (χ1v) is 6.52. The Morgan fingerprint density at radius 3 is 2.16 bits per heavy atom. The molecule has 2 amide bonds. The molecule has 1 aromatic rings. The lowest BCUT2D eigenvalue weighted by molar-refractivity contribution is -0.124. The Balaban J connectivity index is 1.79. The summed E-state index contributed by atoms with van der Waals surface area (Å²) in [6.07, 6.45) is 3.21. The molecule has 3 aliphatic rings. The van der Waals surface area contributed by atoms with Gasteiger partial charge in [0.05, 0.1) is 34.8 Å². The lowest BCUT2D eigenvalue weighted by Gasteiger charge is -2.18. The smallest absolute Gasteiger partial charge is 0.240 e. The van der Waals surface area contributed by atoms with E-state index in [-0.39, 0.29) is 24.0 Å². The first-order valence-electron chi connectivity index (χ1n) is 6.14. The molecular weight excluding hydrogens is 266 g/mol. The molecule has 96 valence electrons. The highest BCUT2D eigenvalue weighted by Crippen LogP contribution is 2.47. The summed E-state index contributed by atoms with van der Waals surface area (Å²) in [5.41, 5.74) is 0.466. The van der Waals surface area contributed by atoms with Crippen molar-refractivity contribution in [1.29, 1.82) is 0 Å². The minimum absolute atomic E-state index is 0.208. The molecule has 0 unspecified atom stereocenters. The molecule has 3 aliphatic heterocycles. The van der Waals surface area contributed by atoms with Gasteiger partial charge in [-0.2, -0.15) is 0 Å². The molecule has 19 heavy (non-hydrogen) atoms. The van der Waals surface area contributed by atoms with Crippen LogP contribution in [-0.4, -0.2) is 24.0 Å². The average molecular weight is 276 g/mol. The maximum atomic E-state index is 12.5. The third kappa shape index (κ3) is 1.33. The van der Waals surface area contributed by atoms with Crippen LogP contribution in [0.25, 0.3) is 0 Å². The highest BCUT2D eigenvalue weighted by Gasteiger charge is 2.61. The van der Waals surface area contributed by atoms with Crippen LogP contribution in [0.2, 0.25) is 5.02 Å². The molecule has 4 nitrogen and oxygen atoms in total. The van der Waals surface area contributed by atoms with Crippen LogP contribution in [0.15, 0.2) is 36.4 Å². The number of nitrogens with zero attached hydrogens (tertiary/aromatic N) is 1. The third-order valence-corrected chi connectivity index (χ3v) is 4.32. The Morgan fingerprint density at radius 2 is 1.58 bits per heavy atom. The number of imide groups is 1. The number of carbonyl (C=O) groups is 2. The van der Waals surface area contributed by atoms with Crippen molar-refractivity contribution >= 4 is 29.1 Å². The van der Waals surface area contributed by atoms with Crippen LogP contribution in [0, 0.1) is 11.8 Å². The Hall–Kier alpha value is -1.65. The normalized spacial score (nSPS) is 35.3. The average Bonchev–Trinajstić information content (AvgIpc) is 3.06. The van der Waals surface area contributed by atoms with Gasteiger partial charge in [0.15, 0.2) is 0 Å². The number of ether oxygens (including phenoxy) is 1. The SMILES string of the molecule is O=C1[C@@H]2[C@H](C(=O)N1c1ccccc1Cl)[C@H]1C=C[C@@H]2O1. The van der Waals surface area contributed by atoms with Gasteiger partial charge in [0.1, 0.15) is 0 Å². The molecular formula is C14H10ClNO3. The fourth-order valence-electron chi connectivity index (χ4n) is 3.17. The van der Waals surface area contributed by atoms with Gasteiger partial charge in [-0.1, -0.05) is 35.9 Å². The second kappa shape index (κ2) is 3.68. The van der Waals surface area contributed by atoms with Gasteiger partial charge in [-0.15, -0.1) is 0 Å². The molecule has 0 aliphatic carbocycles. The fraction of sp³-hybridized carbons (Fsp3) is 0.286. The number of hydrogen-bond acceptors (Lipinski definition) is 3. The van der Waals surface area contributed by atoms with Crippen molar-refractivity contribution < 1.29 is 14.3 Å². The van der Waals surface area contributed by atoms with Gasteiger partial charge in [-0.3, -0.25) is 9.59 Å². The van der Waals surface area contributed by atoms with Crippen LogP contribution in [-0.2, 0) is 14.3 Å². The highest BCUT2D eigenvalue weighted by molar-refractivity contribution is 6.36. The number of para-hydroxylation sites is 1. The van der Waals surface area contributed by atoms with E-state index >= 15 is 0 Å². The van der Waals surface area contributed by atoms with Crippen molar-refractivity contribution in [2.45, 2.75) is 12.2 Å². The molecule has 4 rings (SSSR count). The molecule has 0 aromatic heterocycles. The topological polar surface area (TPSA) is 46.6 Å². The van der Waals surface area contributed by atoms with Crippen molar-refractivity contribution in [2.75, 3.05) is 4.90 Å². The largest absolute Gasteiger partial charge is 0.365 e. The van der Waals surface area contributed by atoms with Gasteiger partial charge in [-0.25, -0.2) is 4.90 Å². The fourth-order valence-corrected chi connectivity index (χ4v) is 3.39. The summed E-state index contributed by atoms with van der Waals surface area (Å²) in [6, 6.07) is 6.90. The number of benzene rings is 1. The molecule has 3 heterocycles. The predicted molar refractivity (Wildman–Crippen MR) is 68.7 cm³/mol. The Labute approximate surface area is 114 Å².